The summed E-state index contributed by atoms with van der Waals surface area (Å²) in [6.07, 6.45) is 8.63. The number of aryl methyl sites for hydroxylation is 3. The van der Waals surface area contributed by atoms with Crippen molar-refractivity contribution in [2.75, 3.05) is 5.32 Å². The molecule has 0 aliphatic heterocycles. The number of hydrogen-bond donors (Lipinski definition) is 1. The highest BCUT2D eigenvalue weighted by Crippen LogP contribution is 2.28. The first kappa shape index (κ1) is 14.8. The highest BCUT2D eigenvalue weighted by atomic mass is 32.1. The van der Waals surface area contributed by atoms with Crippen molar-refractivity contribution in [2.24, 2.45) is 7.05 Å². The van der Waals surface area contributed by atoms with E-state index in [4.69, 9.17) is 5.26 Å². The second-order valence-electron chi connectivity index (χ2n) is 5.59. The van der Waals surface area contributed by atoms with Crippen molar-refractivity contribution in [1.82, 2.24) is 9.55 Å². The van der Waals surface area contributed by atoms with Crippen LogP contribution in [0.3, 0.4) is 0 Å². The van der Waals surface area contributed by atoms with E-state index < -0.39 is 0 Å². The summed E-state index contributed by atoms with van der Waals surface area (Å²) in [4.78, 5) is 18.2. The summed E-state index contributed by atoms with van der Waals surface area (Å²) in [5.74, 6) is -0.217. The molecule has 2 aromatic rings. The summed E-state index contributed by atoms with van der Waals surface area (Å²) in [5.41, 5.74) is 2.10. The fraction of sp³-hybridized carbons (Fsp3) is 0.438. The minimum absolute atomic E-state index is 0.217. The smallest absolute Gasteiger partial charge is 0.274 e. The summed E-state index contributed by atoms with van der Waals surface area (Å²) >= 11 is 1.58. The molecule has 0 aromatic carbocycles. The monoisotopic (exact) mass is 314 g/mol. The molecule has 0 saturated carbocycles. The summed E-state index contributed by atoms with van der Waals surface area (Å²) in [7, 11) is 1.76. The Hall–Kier alpha value is -2.13. The number of nitrogens with one attached hydrogen (secondary N) is 1. The van der Waals surface area contributed by atoms with Crippen molar-refractivity contribution in [2.45, 2.75) is 38.5 Å². The molecule has 1 aliphatic carbocycles. The van der Waals surface area contributed by atoms with Gasteiger partial charge in [-0.15, -0.1) is 11.3 Å². The molecule has 0 spiro atoms. The molecule has 1 aliphatic rings. The number of carbonyl (C=O) groups is 1. The van der Waals surface area contributed by atoms with Crippen LogP contribution < -0.4 is 5.32 Å². The molecule has 6 heteroatoms. The summed E-state index contributed by atoms with van der Waals surface area (Å²) in [6.45, 7) is 0. The molecule has 0 bridgehead atoms. The van der Waals surface area contributed by atoms with Gasteiger partial charge in [-0.3, -0.25) is 10.1 Å². The summed E-state index contributed by atoms with van der Waals surface area (Å²) in [5, 5.41) is 12.4. The maximum absolute atomic E-state index is 12.3. The van der Waals surface area contributed by atoms with Crippen molar-refractivity contribution in [3.05, 3.63) is 34.1 Å². The Morgan fingerprint density at radius 2 is 2.14 bits per heavy atom. The van der Waals surface area contributed by atoms with Crippen LogP contribution in [0, 0.1) is 11.3 Å². The van der Waals surface area contributed by atoms with Gasteiger partial charge in [-0.2, -0.15) is 5.26 Å². The van der Waals surface area contributed by atoms with E-state index in [0.717, 1.165) is 18.5 Å². The number of thiazole rings is 1. The molecule has 2 heterocycles. The first-order chi connectivity index (χ1) is 10.7. The second kappa shape index (κ2) is 6.32. The van der Waals surface area contributed by atoms with Crippen LogP contribution in [0.25, 0.3) is 0 Å². The zero-order valence-corrected chi connectivity index (χ0v) is 13.4. The van der Waals surface area contributed by atoms with Gasteiger partial charge in [0.1, 0.15) is 11.8 Å². The lowest BCUT2D eigenvalue weighted by molar-refractivity contribution is 0.101. The number of rotatable bonds is 2. The highest BCUT2D eigenvalue weighted by Gasteiger charge is 2.17. The molecule has 1 amide bonds. The van der Waals surface area contributed by atoms with E-state index in [1.807, 2.05) is 6.07 Å². The molecule has 0 unspecified atom stereocenters. The molecule has 5 nitrogen and oxygen atoms in total. The molecule has 0 radical (unpaired) electrons. The second-order valence-corrected chi connectivity index (χ2v) is 6.68. The fourth-order valence-corrected chi connectivity index (χ4v) is 3.82. The molecule has 3 rings (SSSR count). The molecule has 22 heavy (non-hydrogen) atoms. The fourth-order valence-electron chi connectivity index (χ4n) is 2.77. The number of anilines is 1. The number of hydrogen-bond acceptors (Lipinski definition) is 4. The van der Waals surface area contributed by atoms with Gasteiger partial charge in [0.25, 0.3) is 5.91 Å². The van der Waals surface area contributed by atoms with E-state index >= 15 is 0 Å². The average Bonchev–Trinajstić information content (AvgIpc) is 3.02. The zero-order chi connectivity index (χ0) is 15.5. The van der Waals surface area contributed by atoms with Gasteiger partial charge >= 0.3 is 0 Å². The van der Waals surface area contributed by atoms with Crippen molar-refractivity contribution in [3.8, 4) is 6.07 Å². The lowest BCUT2D eigenvalue weighted by Gasteiger charge is -2.06. The van der Waals surface area contributed by atoms with Crippen molar-refractivity contribution in [3.63, 3.8) is 0 Å². The third kappa shape index (κ3) is 3.04. The predicted octanol–water partition coefficient (Wildman–Crippen LogP) is 3.26. The minimum atomic E-state index is -0.217. The summed E-state index contributed by atoms with van der Waals surface area (Å²) in [6, 6.07) is 3.64. The van der Waals surface area contributed by atoms with Crippen LogP contribution in [-0.2, 0) is 19.9 Å². The maximum Gasteiger partial charge on any atom is 0.274 e. The first-order valence-corrected chi connectivity index (χ1v) is 8.35. The van der Waals surface area contributed by atoms with E-state index in [9.17, 15) is 4.79 Å². The molecule has 0 saturated heterocycles. The Morgan fingerprint density at radius 1 is 1.36 bits per heavy atom. The van der Waals surface area contributed by atoms with Gasteiger partial charge in [-0.05, 0) is 31.7 Å². The molecule has 0 atom stereocenters. The van der Waals surface area contributed by atoms with Crippen LogP contribution in [0.1, 0.15) is 52.3 Å². The number of nitriles is 1. The van der Waals surface area contributed by atoms with Crippen LogP contribution >= 0.6 is 11.3 Å². The Labute approximate surface area is 133 Å². The maximum atomic E-state index is 12.3. The highest BCUT2D eigenvalue weighted by molar-refractivity contribution is 7.15. The molecular weight excluding hydrogens is 296 g/mol. The standard InChI is InChI=1S/C16H18N4OS/c1-20-10-11(9-17)8-13(20)15(21)19-16-18-12-6-4-2-3-5-7-14(12)22-16/h8,10H,2-7H2,1H3,(H,18,19,21). The van der Waals surface area contributed by atoms with Gasteiger partial charge in [0.15, 0.2) is 5.13 Å². The van der Waals surface area contributed by atoms with Gasteiger partial charge in [0.2, 0.25) is 0 Å². The zero-order valence-electron chi connectivity index (χ0n) is 12.6. The molecule has 114 valence electrons. The van der Waals surface area contributed by atoms with E-state index in [2.05, 4.69) is 10.3 Å². The Kier molecular flexibility index (Phi) is 4.25. The number of amides is 1. The number of aromatic nitrogens is 2. The van der Waals surface area contributed by atoms with E-state index in [0.29, 0.717) is 16.4 Å². The topological polar surface area (TPSA) is 70.7 Å². The Balaban J connectivity index is 1.78. The third-order valence-electron chi connectivity index (χ3n) is 3.93. The van der Waals surface area contributed by atoms with Crippen LogP contribution in [0.15, 0.2) is 12.3 Å². The quantitative estimate of drug-likeness (QED) is 0.925. The Morgan fingerprint density at radius 3 is 2.86 bits per heavy atom. The normalized spacial score (nSPS) is 14.5. The van der Waals surface area contributed by atoms with Crippen molar-refractivity contribution < 1.29 is 4.79 Å². The number of carbonyl (C=O) groups excluding carboxylic acids is 1. The van der Waals surface area contributed by atoms with Gasteiger partial charge in [0.05, 0.1) is 11.3 Å². The molecular formula is C16H18N4OS. The van der Waals surface area contributed by atoms with Gasteiger partial charge in [-0.25, -0.2) is 4.98 Å². The van der Waals surface area contributed by atoms with Crippen LogP contribution in [0.4, 0.5) is 5.13 Å². The van der Waals surface area contributed by atoms with Gasteiger partial charge in [-0.1, -0.05) is 12.8 Å². The lowest BCUT2D eigenvalue weighted by atomic mass is 10.0. The van der Waals surface area contributed by atoms with Gasteiger partial charge < -0.3 is 4.57 Å². The largest absolute Gasteiger partial charge is 0.345 e. The first-order valence-electron chi connectivity index (χ1n) is 7.54. The predicted molar refractivity (Wildman–Crippen MR) is 86.1 cm³/mol. The Bertz CT molecular complexity index is 712. The molecule has 1 N–H and O–H groups in total. The molecule has 2 aromatic heterocycles. The van der Waals surface area contributed by atoms with E-state index in [1.54, 1.807) is 35.2 Å². The van der Waals surface area contributed by atoms with Crippen molar-refractivity contribution in [1.29, 1.82) is 5.26 Å². The van der Waals surface area contributed by atoms with Crippen LogP contribution in [0.5, 0.6) is 0 Å². The minimum Gasteiger partial charge on any atom is -0.345 e. The van der Waals surface area contributed by atoms with E-state index in [1.165, 1.54) is 30.6 Å². The average molecular weight is 314 g/mol. The van der Waals surface area contributed by atoms with E-state index in [-0.39, 0.29) is 5.91 Å². The van der Waals surface area contributed by atoms with Crippen LogP contribution in [0.2, 0.25) is 0 Å². The summed E-state index contributed by atoms with van der Waals surface area (Å²) < 4.78 is 1.66. The SMILES string of the molecule is Cn1cc(C#N)cc1C(=O)Nc1nc2c(s1)CCCCCC2. The molecule has 0 fully saturated rings. The third-order valence-corrected chi connectivity index (χ3v) is 5.01. The number of nitrogens with zero attached hydrogens (tertiary/aromatic N) is 3. The van der Waals surface area contributed by atoms with Gasteiger partial charge in [0, 0.05) is 18.1 Å². The van der Waals surface area contributed by atoms with Crippen molar-refractivity contribution >= 4 is 22.4 Å². The number of fused-ring (bicyclic) bond motifs is 1. The van der Waals surface area contributed by atoms with Crippen LogP contribution in [-0.4, -0.2) is 15.5 Å². The lowest BCUT2D eigenvalue weighted by Crippen LogP contribution is -2.15.